The lowest BCUT2D eigenvalue weighted by Crippen LogP contribution is -2.53. The Morgan fingerprint density at radius 3 is 2.29 bits per heavy atom. The summed E-state index contributed by atoms with van der Waals surface area (Å²) in [6.07, 6.45) is 0. The number of benzene rings is 4. The van der Waals surface area contributed by atoms with Crippen LogP contribution in [0.25, 0.3) is 10.8 Å². The molecule has 4 aromatic carbocycles. The molecule has 4 aromatic rings. The van der Waals surface area contributed by atoms with Crippen LogP contribution in [-0.2, 0) is 11.3 Å². The number of phenolic OH excluding ortho intramolecular Hbond substituents is 1. The number of phenols is 1. The number of ether oxygens (including phenoxy) is 1. The first-order valence-corrected chi connectivity index (χ1v) is 11.1. The van der Waals surface area contributed by atoms with Crippen LogP contribution in [0, 0.1) is 4.91 Å². The molecule has 0 bridgehead atoms. The van der Waals surface area contributed by atoms with Gasteiger partial charge in [0.1, 0.15) is 17.2 Å². The highest BCUT2D eigenvalue weighted by molar-refractivity contribution is 6.17. The van der Waals surface area contributed by atoms with E-state index in [1.54, 1.807) is 66.7 Å². The van der Waals surface area contributed by atoms with Crippen molar-refractivity contribution >= 4 is 33.6 Å². The van der Waals surface area contributed by atoms with E-state index in [2.05, 4.69) is 5.18 Å². The van der Waals surface area contributed by atoms with Gasteiger partial charge < -0.3 is 25.0 Å². The van der Waals surface area contributed by atoms with Crippen LogP contribution in [0.5, 0.6) is 11.5 Å². The second-order valence-corrected chi connectivity index (χ2v) is 8.58. The fourth-order valence-electron chi connectivity index (χ4n) is 5.48. The molecule has 0 radical (unpaired) electrons. The summed E-state index contributed by atoms with van der Waals surface area (Å²) in [5.74, 6) is -0.609. The van der Waals surface area contributed by atoms with E-state index in [0.29, 0.717) is 23.4 Å². The molecule has 0 saturated heterocycles. The minimum Gasteiger partial charge on any atom is -0.507 e. The Morgan fingerprint density at radius 1 is 0.943 bits per heavy atom. The summed E-state index contributed by atoms with van der Waals surface area (Å²) in [5, 5.41) is 39.6. The molecule has 0 spiro atoms. The maximum Gasteiger partial charge on any atom is 0.211 e. The Hall–Kier alpha value is -4.27. The number of aliphatic hydroxyl groups is 2. The van der Waals surface area contributed by atoms with Crippen molar-refractivity contribution in [1.29, 1.82) is 0 Å². The Morgan fingerprint density at radius 2 is 1.60 bits per heavy atom. The molecule has 6 rings (SSSR count). The Labute approximate surface area is 199 Å². The van der Waals surface area contributed by atoms with Crippen molar-refractivity contribution < 1.29 is 24.9 Å². The highest BCUT2D eigenvalue weighted by Crippen LogP contribution is 2.67. The van der Waals surface area contributed by atoms with Crippen molar-refractivity contribution in [3.8, 4) is 11.5 Å². The quantitative estimate of drug-likeness (QED) is 0.371. The number of rotatable bonds is 4. The smallest absolute Gasteiger partial charge is 0.211 e. The number of carbonyl (C=O) groups excluding carboxylic acids is 1. The van der Waals surface area contributed by atoms with Crippen LogP contribution < -0.4 is 9.64 Å². The van der Waals surface area contributed by atoms with Gasteiger partial charge in [-0.15, -0.1) is 4.91 Å². The number of ketones is 1. The number of hydrogen-bond acceptors (Lipinski definition) is 8. The third-order valence-electron chi connectivity index (χ3n) is 6.92. The number of Topliss-reactive ketones (excluding diaryl/α,β-unsaturated/α-hetero) is 1. The minimum atomic E-state index is -2.60. The Bertz CT molecular complexity index is 1550. The van der Waals surface area contributed by atoms with Crippen LogP contribution in [0.1, 0.15) is 28.4 Å². The van der Waals surface area contributed by atoms with Crippen LogP contribution in [0.2, 0.25) is 0 Å². The molecule has 2 atom stereocenters. The van der Waals surface area contributed by atoms with Crippen LogP contribution >= 0.6 is 0 Å². The van der Waals surface area contributed by atoms with Gasteiger partial charge in [0, 0.05) is 27.6 Å². The number of fused-ring (bicyclic) bond motifs is 6. The maximum absolute atomic E-state index is 13.7. The third-order valence-corrected chi connectivity index (χ3v) is 6.92. The summed E-state index contributed by atoms with van der Waals surface area (Å²) in [7, 11) is 0. The van der Waals surface area contributed by atoms with Crippen molar-refractivity contribution in [1.82, 2.24) is 0 Å². The molecule has 1 aliphatic carbocycles. The van der Waals surface area contributed by atoms with E-state index in [9.17, 15) is 25.0 Å². The molecule has 3 N–H and O–H groups in total. The predicted molar refractivity (Wildman–Crippen MR) is 129 cm³/mol. The molecule has 8 nitrogen and oxygen atoms in total. The lowest BCUT2D eigenvalue weighted by atomic mass is 9.84. The number of carbonyl (C=O) groups is 1. The zero-order valence-corrected chi connectivity index (χ0v) is 18.6. The normalized spacial score (nSPS) is 22.1. The van der Waals surface area contributed by atoms with Gasteiger partial charge in [0.05, 0.1) is 17.9 Å². The van der Waals surface area contributed by atoms with Gasteiger partial charge in [0.2, 0.25) is 17.1 Å². The van der Waals surface area contributed by atoms with E-state index in [1.165, 1.54) is 11.0 Å². The summed E-state index contributed by atoms with van der Waals surface area (Å²) in [4.78, 5) is 27.2. The number of aromatic hydroxyl groups is 1. The van der Waals surface area contributed by atoms with Crippen LogP contribution in [-0.4, -0.2) is 27.7 Å². The van der Waals surface area contributed by atoms with Gasteiger partial charge in [-0.3, -0.25) is 4.79 Å². The average Bonchev–Trinajstić information content (AvgIpc) is 3.20. The largest absolute Gasteiger partial charge is 0.507 e. The van der Waals surface area contributed by atoms with Gasteiger partial charge in [0.15, 0.2) is 0 Å². The molecule has 0 aromatic heterocycles. The van der Waals surface area contributed by atoms with Crippen molar-refractivity contribution in [2.24, 2.45) is 5.18 Å². The van der Waals surface area contributed by atoms with Crippen LogP contribution in [0.15, 0.2) is 78.0 Å². The fraction of sp³-hybridized carbons (Fsp3) is 0.148. The van der Waals surface area contributed by atoms with Crippen molar-refractivity contribution in [3.05, 3.63) is 94.4 Å². The number of anilines is 2. The maximum atomic E-state index is 13.7. The summed E-state index contributed by atoms with van der Waals surface area (Å²) in [5.41, 5.74) is -4.73. The van der Waals surface area contributed by atoms with Crippen LogP contribution in [0.3, 0.4) is 0 Å². The van der Waals surface area contributed by atoms with E-state index >= 15 is 0 Å². The second kappa shape index (κ2) is 7.11. The number of nitrogens with zero attached hydrogens (tertiary/aromatic N) is 2. The SMILES string of the molecule is CCOc1ccc(N2c3c(c(O)c4ccccc4c3N=O)C3(O)C(=O)c4ccccc4C23O)cc1. The average molecular weight is 468 g/mol. The first-order valence-electron chi connectivity index (χ1n) is 11.1. The van der Waals surface area contributed by atoms with Crippen molar-refractivity contribution in [2.45, 2.75) is 18.2 Å². The molecule has 35 heavy (non-hydrogen) atoms. The van der Waals surface area contributed by atoms with Gasteiger partial charge in [-0.05, 0) is 36.4 Å². The third kappa shape index (κ3) is 2.39. The summed E-state index contributed by atoms with van der Waals surface area (Å²) < 4.78 is 5.53. The standard InChI is InChI=1S/C27H20N2O6/c1-2-35-16-13-11-15(12-14-16)29-23-21(24(30)18-8-4-3-7-17(18)22(23)28-34)26(32)25(31)19-9-5-6-10-20(19)27(26,29)33/h3-14,30,32-33H,2H2,1H3. The molecule has 0 saturated carbocycles. The molecule has 1 heterocycles. The molecular formula is C27H20N2O6. The topological polar surface area (TPSA) is 120 Å². The first-order chi connectivity index (χ1) is 16.9. The molecule has 174 valence electrons. The van der Waals surface area contributed by atoms with Crippen molar-refractivity contribution in [3.63, 3.8) is 0 Å². The Balaban J connectivity index is 1.77. The first kappa shape index (κ1) is 21.3. The zero-order valence-electron chi connectivity index (χ0n) is 18.6. The van der Waals surface area contributed by atoms with Crippen molar-refractivity contribution in [2.75, 3.05) is 11.5 Å². The fourth-order valence-corrected chi connectivity index (χ4v) is 5.48. The summed E-state index contributed by atoms with van der Waals surface area (Å²) in [6.45, 7) is 2.31. The molecule has 0 fully saturated rings. The van der Waals surface area contributed by atoms with E-state index in [0.717, 1.165) is 0 Å². The van der Waals surface area contributed by atoms with Gasteiger partial charge >= 0.3 is 0 Å². The highest BCUT2D eigenvalue weighted by Gasteiger charge is 2.73. The van der Waals surface area contributed by atoms with Gasteiger partial charge in [-0.1, -0.05) is 48.5 Å². The van der Waals surface area contributed by atoms with E-state index in [-0.39, 0.29) is 33.5 Å². The van der Waals surface area contributed by atoms with Crippen LogP contribution in [0.4, 0.5) is 17.1 Å². The molecule has 2 aliphatic rings. The summed E-state index contributed by atoms with van der Waals surface area (Å²) >= 11 is 0. The molecule has 0 amide bonds. The zero-order chi connectivity index (χ0) is 24.5. The van der Waals surface area contributed by atoms with E-state index in [4.69, 9.17) is 4.74 Å². The molecule has 1 aliphatic heterocycles. The summed E-state index contributed by atoms with van der Waals surface area (Å²) in [6, 6.07) is 19.5. The monoisotopic (exact) mass is 468 g/mol. The molecule has 8 heteroatoms. The van der Waals surface area contributed by atoms with Gasteiger partial charge in [-0.2, -0.15) is 0 Å². The highest BCUT2D eigenvalue weighted by atomic mass is 16.5. The van der Waals surface area contributed by atoms with Gasteiger partial charge in [0.25, 0.3) is 0 Å². The Kier molecular flexibility index (Phi) is 4.32. The lowest BCUT2D eigenvalue weighted by Gasteiger charge is -2.38. The predicted octanol–water partition coefficient (Wildman–Crippen LogP) is 4.72. The number of nitroso groups, excluding NO2 is 1. The molecule has 2 unspecified atom stereocenters. The lowest BCUT2D eigenvalue weighted by molar-refractivity contribution is -0.113. The van der Waals surface area contributed by atoms with E-state index < -0.39 is 22.9 Å². The van der Waals surface area contributed by atoms with Gasteiger partial charge in [-0.25, -0.2) is 0 Å². The second-order valence-electron chi connectivity index (χ2n) is 8.58. The minimum absolute atomic E-state index is 0.0341. The van der Waals surface area contributed by atoms with E-state index in [1.807, 2.05) is 6.92 Å². The number of hydrogen-bond donors (Lipinski definition) is 3. The molecular weight excluding hydrogens is 448 g/mol.